The second kappa shape index (κ2) is 7.23. The number of nitrogens with one attached hydrogen (secondary N) is 1. The zero-order chi connectivity index (χ0) is 17.1. The van der Waals surface area contributed by atoms with Gasteiger partial charge in [0.2, 0.25) is 5.13 Å². The highest BCUT2D eigenvalue weighted by molar-refractivity contribution is 7.17. The fraction of sp³-hybridized carbons (Fsp3) is 0.375. The van der Waals surface area contributed by atoms with Crippen LogP contribution < -0.4 is 5.32 Å². The molecule has 8 heteroatoms. The summed E-state index contributed by atoms with van der Waals surface area (Å²) >= 11 is 2.81. The third kappa shape index (κ3) is 3.54. The molecule has 0 saturated heterocycles. The third-order valence-electron chi connectivity index (χ3n) is 3.36. The van der Waals surface area contributed by atoms with Crippen LogP contribution in [0.4, 0.5) is 5.13 Å². The van der Waals surface area contributed by atoms with Crippen molar-refractivity contribution in [3.63, 3.8) is 0 Å². The van der Waals surface area contributed by atoms with Crippen molar-refractivity contribution >= 4 is 33.7 Å². The number of rotatable bonds is 6. The lowest BCUT2D eigenvalue weighted by Gasteiger charge is -2.00. The summed E-state index contributed by atoms with van der Waals surface area (Å²) in [5.41, 5.74) is 0.831. The van der Waals surface area contributed by atoms with Gasteiger partial charge in [-0.25, -0.2) is 4.98 Å². The molecule has 0 aromatic carbocycles. The first-order chi connectivity index (χ1) is 11.6. The van der Waals surface area contributed by atoms with E-state index in [1.165, 1.54) is 22.7 Å². The first kappa shape index (κ1) is 16.8. The number of hydrogen-bond acceptors (Lipinski definition) is 6. The summed E-state index contributed by atoms with van der Waals surface area (Å²) in [6.07, 6.45) is 5.56. The van der Waals surface area contributed by atoms with Gasteiger partial charge in [0.25, 0.3) is 5.91 Å². The molecule has 24 heavy (non-hydrogen) atoms. The molecule has 0 spiro atoms. The van der Waals surface area contributed by atoms with Gasteiger partial charge in [-0.15, -0.1) is 10.2 Å². The van der Waals surface area contributed by atoms with Crippen molar-refractivity contribution in [3.05, 3.63) is 40.1 Å². The summed E-state index contributed by atoms with van der Waals surface area (Å²) in [5.74, 6) is 0.133. The van der Waals surface area contributed by atoms with Crippen molar-refractivity contribution < 1.29 is 4.79 Å². The number of nitrogens with zero attached hydrogens (tertiary/aromatic N) is 4. The quantitative estimate of drug-likeness (QED) is 0.717. The normalized spacial score (nSPS) is 11.2. The van der Waals surface area contributed by atoms with E-state index >= 15 is 0 Å². The summed E-state index contributed by atoms with van der Waals surface area (Å²) in [7, 11) is 0. The highest BCUT2D eigenvalue weighted by Crippen LogP contribution is 2.26. The van der Waals surface area contributed by atoms with Gasteiger partial charge >= 0.3 is 0 Å². The topological polar surface area (TPSA) is 72.7 Å². The molecule has 0 bridgehead atoms. The van der Waals surface area contributed by atoms with Crippen molar-refractivity contribution in [2.45, 2.75) is 39.5 Å². The van der Waals surface area contributed by atoms with Crippen molar-refractivity contribution in [2.24, 2.45) is 0 Å². The van der Waals surface area contributed by atoms with Gasteiger partial charge in [-0.05, 0) is 18.6 Å². The first-order valence-electron chi connectivity index (χ1n) is 7.86. The molecule has 3 aromatic rings. The van der Waals surface area contributed by atoms with Crippen LogP contribution in [0.2, 0.25) is 0 Å². The fourth-order valence-corrected chi connectivity index (χ4v) is 3.88. The summed E-state index contributed by atoms with van der Waals surface area (Å²) in [5, 5.41) is 13.3. The predicted molar refractivity (Wildman–Crippen MR) is 97.4 cm³/mol. The molecular formula is C16H19N5OS2. The maximum atomic E-state index is 12.7. The van der Waals surface area contributed by atoms with Crippen molar-refractivity contribution in [1.82, 2.24) is 19.7 Å². The summed E-state index contributed by atoms with van der Waals surface area (Å²) in [4.78, 5) is 17.9. The largest absolute Gasteiger partial charge is 0.300 e. The van der Waals surface area contributed by atoms with E-state index in [0.717, 1.165) is 28.7 Å². The molecule has 126 valence electrons. The zero-order valence-electron chi connectivity index (χ0n) is 13.8. The van der Waals surface area contributed by atoms with Crippen LogP contribution in [0.25, 0.3) is 5.13 Å². The minimum atomic E-state index is -0.166. The zero-order valence-corrected chi connectivity index (χ0v) is 15.4. The van der Waals surface area contributed by atoms with Gasteiger partial charge in [-0.2, -0.15) is 0 Å². The molecule has 0 aliphatic carbocycles. The maximum Gasteiger partial charge on any atom is 0.269 e. The average molecular weight is 361 g/mol. The van der Waals surface area contributed by atoms with Crippen molar-refractivity contribution in [3.8, 4) is 5.13 Å². The molecule has 1 amide bonds. The highest BCUT2D eigenvalue weighted by Gasteiger charge is 2.20. The smallest absolute Gasteiger partial charge is 0.269 e. The van der Waals surface area contributed by atoms with E-state index in [1.807, 2.05) is 29.1 Å². The molecule has 0 unspecified atom stereocenters. The standard InChI is InChI=1S/C16H19N5OS2/c1-4-7-11-12(23-16(17-11)21-8-5-6-9-21)13(22)18-15-20-19-14(24-15)10(2)3/h5-6,8-10H,4,7H2,1-3H3,(H,18,20,22). The van der Waals surface area contributed by atoms with Crippen LogP contribution in [0.1, 0.15) is 53.5 Å². The number of amides is 1. The number of thiazole rings is 1. The maximum absolute atomic E-state index is 12.7. The molecule has 0 aliphatic rings. The SMILES string of the molecule is CCCc1nc(-n2cccc2)sc1C(=O)Nc1nnc(C(C)C)s1. The van der Waals surface area contributed by atoms with Crippen LogP contribution in [0.3, 0.4) is 0 Å². The Morgan fingerprint density at radius 2 is 2.00 bits per heavy atom. The Balaban J connectivity index is 1.84. The van der Waals surface area contributed by atoms with Gasteiger partial charge in [0.15, 0.2) is 5.13 Å². The van der Waals surface area contributed by atoms with Crippen LogP contribution in [0, 0.1) is 0 Å². The molecule has 0 atom stereocenters. The minimum Gasteiger partial charge on any atom is -0.300 e. The Hall–Kier alpha value is -2.06. The van der Waals surface area contributed by atoms with Crippen molar-refractivity contribution in [1.29, 1.82) is 0 Å². The van der Waals surface area contributed by atoms with E-state index in [-0.39, 0.29) is 5.91 Å². The van der Waals surface area contributed by atoms with Gasteiger partial charge in [-0.1, -0.05) is 49.9 Å². The monoisotopic (exact) mass is 361 g/mol. The van der Waals surface area contributed by atoms with Gasteiger partial charge < -0.3 is 4.57 Å². The van der Waals surface area contributed by atoms with Gasteiger partial charge in [-0.3, -0.25) is 10.1 Å². The lowest BCUT2D eigenvalue weighted by Crippen LogP contribution is -2.12. The first-order valence-corrected chi connectivity index (χ1v) is 9.49. The Labute approximate surface area is 148 Å². The van der Waals surface area contributed by atoms with Crippen LogP contribution in [0.15, 0.2) is 24.5 Å². The molecule has 6 nitrogen and oxygen atoms in total. The Morgan fingerprint density at radius 1 is 1.25 bits per heavy atom. The Morgan fingerprint density at radius 3 is 2.62 bits per heavy atom. The van der Waals surface area contributed by atoms with E-state index in [4.69, 9.17) is 0 Å². The molecule has 1 N–H and O–H groups in total. The van der Waals surface area contributed by atoms with Crippen molar-refractivity contribution in [2.75, 3.05) is 5.32 Å². The predicted octanol–water partition coefficient (Wildman–Crippen LogP) is 4.11. The lowest BCUT2D eigenvalue weighted by molar-refractivity contribution is 0.102. The van der Waals surface area contributed by atoms with E-state index in [1.54, 1.807) is 0 Å². The molecule has 3 rings (SSSR count). The number of anilines is 1. The van der Waals surface area contributed by atoms with E-state index in [9.17, 15) is 4.79 Å². The Bertz CT molecular complexity index is 820. The number of hydrogen-bond donors (Lipinski definition) is 1. The lowest BCUT2D eigenvalue weighted by atomic mass is 10.2. The third-order valence-corrected chi connectivity index (χ3v) is 5.61. The number of aromatic nitrogens is 4. The molecule has 3 heterocycles. The molecule has 0 fully saturated rings. The van der Waals surface area contributed by atoms with E-state index < -0.39 is 0 Å². The van der Waals surface area contributed by atoms with E-state index in [0.29, 0.717) is 15.9 Å². The van der Waals surface area contributed by atoms with Crippen LogP contribution in [-0.2, 0) is 6.42 Å². The number of carbonyl (C=O) groups is 1. The van der Waals surface area contributed by atoms with E-state index in [2.05, 4.69) is 41.3 Å². The molecule has 0 saturated carbocycles. The Kier molecular flexibility index (Phi) is 5.06. The molecular weight excluding hydrogens is 342 g/mol. The summed E-state index contributed by atoms with van der Waals surface area (Å²) in [6, 6.07) is 3.88. The van der Waals surface area contributed by atoms with Gasteiger partial charge in [0, 0.05) is 18.3 Å². The number of carbonyl (C=O) groups excluding carboxylic acids is 1. The second-order valence-electron chi connectivity index (χ2n) is 5.67. The van der Waals surface area contributed by atoms with Crippen LogP contribution >= 0.6 is 22.7 Å². The van der Waals surface area contributed by atoms with Gasteiger partial charge in [0.05, 0.1) is 5.69 Å². The molecule has 0 aliphatic heterocycles. The van der Waals surface area contributed by atoms with Gasteiger partial charge in [0.1, 0.15) is 9.88 Å². The number of aryl methyl sites for hydroxylation is 1. The molecule has 3 aromatic heterocycles. The average Bonchev–Trinajstić information content (AvgIpc) is 3.27. The fourth-order valence-electron chi connectivity index (χ4n) is 2.17. The molecule has 0 radical (unpaired) electrons. The second-order valence-corrected chi connectivity index (χ2v) is 7.65. The summed E-state index contributed by atoms with van der Waals surface area (Å²) < 4.78 is 1.92. The summed E-state index contributed by atoms with van der Waals surface area (Å²) in [6.45, 7) is 6.19. The minimum absolute atomic E-state index is 0.166. The highest BCUT2D eigenvalue weighted by atomic mass is 32.1. The van der Waals surface area contributed by atoms with Crippen LogP contribution in [-0.4, -0.2) is 25.7 Å². The van der Waals surface area contributed by atoms with Crippen LogP contribution in [0.5, 0.6) is 0 Å².